The van der Waals surface area contributed by atoms with Gasteiger partial charge in [0.15, 0.2) is 0 Å². The van der Waals surface area contributed by atoms with Crippen molar-refractivity contribution in [1.29, 1.82) is 0 Å². The van der Waals surface area contributed by atoms with Gasteiger partial charge >= 0.3 is 0 Å². The Kier molecular flexibility index (Phi) is 2.69. The predicted octanol–water partition coefficient (Wildman–Crippen LogP) is 0.945. The summed E-state index contributed by atoms with van der Waals surface area (Å²) in [6.45, 7) is 0.412. The van der Waals surface area contributed by atoms with Gasteiger partial charge in [0.2, 0.25) is 0 Å². The molecule has 1 aromatic rings. The van der Waals surface area contributed by atoms with Gasteiger partial charge in [0.05, 0.1) is 0 Å². The molecule has 0 aromatic heterocycles. The zero-order valence-electron chi connectivity index (χ0n) is 6.33. The fourth-order valence-corrected chi connectivity index (χ4v) is 0.822. The lowest BCUT2D eigenvalue weighted by atomic mass is 10.2. The first kappa shape index (κ1) is 7.82. The van der Waals surface area contributed by atoms with Crippen LogP contribution < -0.4 is 11.5 Å². The molecule has 2 heteroatoms. The lowest BCUT2D eigenvalue weighted by molar-refractivity contribution is 1.12. The van der Waals surface area contributed by atoms with Gasteiger partial charge in [-0.1, -0.05) is 30.3 Å². The largest absolute Gasteiger partial charge is 0.401 e. The average molecular weight is 148 g/mol. The van der Waals surface area contributed by atoms with Gasteiger partial charge in [-0.05, 0) is 11.6 Å². The van der Waals surface area contributed by atoms with Crippen molar-refractivity contribution in [2.24, 2.45) is 11.5 Å². The van der Waals surface area contributed by atoms with Gasteiger partial charge < -0.3 is 11.5 Å². The van der Waals surface area contributed by atoms with Crippen molar-refractivity contribution in [3.05, 3.63) is 41.6 Å². The van der Waals surface area contributed by atoms with Gasteiger partial charge in [0, 0.05) is 12.2 Å². The summed E-state index contributed by atoms with van der Waals surface area (Å²) in [5, 5.41) is 0. The molecule has 2 nitrogen and oxygen atoms in total. The third-order valence-corrected chi connectivity index (χ3v) is 1.39. The van der Waals surface area contributed by atoms with Crippen LogP contribution in [0.3, 0.4) is 0 Å². The van der Waals surface area contributed by atoms with Crippen LogP contribution in [-0.2, 0) is 0 Å². The third kappa shape index (κ3) is 2.43. The molecule has 0 aliphatic carbocycles. The molecule has 11 heavy (non-hydrogen) atoms. The third-order valence-electron chi connectivity index (χ3n) is 1.39. The molecule has 1 rings (SSSR count). The second kappa shape index (κ2) is 3.78. The number of hydrogen-bond donors (Lipinski definition) is 2. The van der Waals surface area contributed by atoms with Crippen LogP contribution in [0.2, 0.25) is 0 Å². The summed E-state index contributed by atoms with van der Waals surface area (Å²) in [6, 6.07) is 9.88. The molecule has 0 bridgehead atoms. The number of hydrogen-bond acceptors (Lipinski definition) is 2. The first-order valence-electron chi connectivity index (χ1n) is 3.54. The van der Waals surface area contributed by atoms with E-state index in [-0.39, 0.29) is 0 Å². The van der Waals surface area contributed by atoms with Gasteiger partial charge in [-0.3, -0.25) is 0 Å². The molecule has 0 radical (unpaired) electrons. The minimum Gasteiger partial charge on any atom is -0.401 e. The van der Waals surface area contributed by atoms with E-state index in [1.54, 1.807) is 0 Å². The van der Waals surface area contributed by atoms with Gasteiger partial charge in [0.25, 0.3) is 0 Å². The summed E-state index contributed by atoms with van der Waals surface area (Å²) >= 11 is 0. The Morgan fingerprint density at radius 3 is 2.45 bits per heavy atom. The van der Waals surface area contributed by atoms with Crippen molar-refractivity contribution < 1.29 is 0 Å². The lowest BCUT2D eigenvalue weighted by Gasteiger charge is -1.95. The quantitative estimate of drug-likeness (QED) is 0.656. The summed E-state index contributed by atoms with van der Waals surface area (Å²) in [6.07, 6.45) is 1.88. The first-order chi connectivity index (χ1) is 5.33. The monoisotopic (exact) mass is 148 g/mol. The SMILES string of the molecule is NC/C(N)=C/c1ccccc1. The van der Waals surface area contributed by atoms with Crippen LogP contribution in [0.15, 0.2) is 36.0 Å². The maximum Gasteiger partial charge on any atom is 0.0326 e. The Morgan fingerprint density at radius 2 is 1.91 bits per heavy atom. The van der Waals surface area contributed by atoms with Gasteiger partial charge in [0.1, 0.15) is 0 Å². The van der Waals surface area contributed by atoms with Crippen LogP contribution in [0.25, 0.3) is 6.08 Å². The molecule has 0 spiro atoms. The minimum atomic E-state index is 0.412. The maximum atomic E-state index is 5.54. The highest BCUT2D eigenvalue weighted by atomic mass is 14.7. The molecule has 4 N–H and O–H groups in total. The van der Waals surface area contributed by atoms with E-state index in [1.165, 1.54) is 0 Å². The molecule has 0 unspecified atom stereocenters. The predicted molar refractivity (Wildman–Crippen MR) is 47.7 cm³/mol. The maximum absolute atomic E-state index is 5.54. The molecule has 0 aliphatic heterocycles. The van der Waals surface area contributed by atoms with E-state index in [4.69, 9.17) is 11.5 Å². The van der Waals surface area contributed by atoms with Crippen LogP contribution >= 0.6 is 0 Å². The van der Waals surface area contributed by atoms with E-state index in [2.05, 4.69) is 0 Å². The summed E-state index contributed by atoms with van der Waals surface area (Å²) in [5.41, 5.74) is 12.7. The molecular weight excluding hydrogens is 136 g/mol. The molecule has 0 amide bonds. The Labute approximate surface area is 66.5 Å². The Morgan fingerprint density at radius 1 is 1.27 bits per heavy atom. The fraction of sp³-hybridized carbons (Fsp3) is 0.111. The fourth-order valence-electron chi connectivity index (χ4n) is 0.822. The van der Waals surface area contributed by atoms with Crippen molar-refractivity contribution in [2.75, 3.05) is 6.54 Å². The van der Waals surface area contributed by atoms with Crippen molar-refractivity contribution >= 4 is 6.08 Å². The molecular formula is C9H12N2. The lowest BCUT2D eigenvalue weighted by Crippen LogP contribution is -2.10. The average Bonchev–Trinajstić information content (AvgIpc) is 2.06. The highest BCUT2D eigenvalue weighted by Gasteiger charge is 1.86. The molecule has 1 aromatic carbocycles. The summed E-state index contributed by atoms with van der Waals surface area (Å²) in [7, 11) is 0. The van der Waals surface area contributed by atoms with E-state index < -0.39 is 0 Å². The summed E-state index contributed by atoms with van der Waals surface area (Å²) < 4.78 is 0. The second-order valence-electron chi connectivity index (χ2n) is 2.33. The zero-order chi connectivity index (χ0) is 8.10. The van der Waals surface area contributed by atoms with Crippen LogP contribution in [0.4, 0.5) is 0 Å². The molecule has 0 aliphatic rings. The smallest absolute Gasteiger partial charge is 0.0326 e. The van der Waals surface area contributed by atoms with Gasteiger partial charge in [-0.25, -0.2) is 0 Å². The van der Waals surface area contributed by atoms with Crippen LogP contribution in [0, 0.1) is 0 Å². The van der Waals surface area contributed by atoms with E-state index in [0.29, 0.717) is 12.2 Å². The molecule has 0 saturated carbocycles. The van der Waals surface area contributed by atoms with Gasteiger partial charge in [-0.2, -0.15) is 0 Å². The van der Waals surface area contributed by atoms with Crippen LogP contribution in [0.5, 0.6) is 0 Å². The van der Waals surface area contributed by atoms with Crippen LogP contribution in [0.1, 0.15) is 5.56 Å². The number of rotatable bonds is 2. The minimum absolute atomic E-state index is 0.412. The number of benzene rings is 1. The summed E-state index contributed by atoms with van der Waals surface area (Å²) in [5.74, 6) is 0. The van der Waals surface area contributed by atoms with Crippen molar-refractivity contribution in [3.63, 3.8) is 0 Å². The second-order valence-corrected chi connectivity index (χ2v) is 2.33. The highest BCUT2D eigenvalue weighted by molar-refractivity contribution is 5.51. The topological polar surface area (TPSA) is 52.0 Å². The zero-order valence-corrected chi connectivity index (χ0v) is 6.33. The van der Waals surface area contributed by atoms with Gasteiger partial charge in [-0.15, -0.1) is 0 Å². The Bertz CT molecular complexity index is 239. The Balaban J connectivity index is 2.79. The molecule has 0 heterocycles. The normalized spacial score (nSPS) is 11.5. The number of nitrogens with two attached hydrogens (primary N) is 2. The van der Waals surface area contributed by atoms with E-state index in [0.717, 1.165) is 5.56 Å². The molecule has 0 fully saturated rings. The highest BCUT2D eigenvalue weighted by Crippen LogP contribution is 2.01. The van der Waals surface area contributed by atoms with E-state index in [9.17, 15) is 0 Å². The molecule has 58 valence electrons. The summed E-state index contributed by atoms with van der Waals surface area (Å²) in [4.78, 5) is 0. The Hall–Kier alpha value is -1.28. The molecule has 0 atom stereocenters. The molecule has 0 saturated heterocycles. The van der Waals surface area contributed by atoms with E-state index >= 15 is 0 Å². The van der Waals surface area contributed by atoms with Crippen LogP contribution in [-0.4, -0.2) is 6.54 Å². The standard InChI is InChI=1S/C9H12N2/c10-7-9(11)6-8-4-2-1-3-5-8/h1-6H,7,10-11H2/b9-6-. The van der Waals surface area contributed by atoms with Crippen molar-refractivity contribution in [2.45, 2.75) is 0 Å². The van der Waals surface area contributed by atoms with Crippen molar-refractivity contribution in [3.8, 4) is 0 Å². The van der Waals surface area contributed by atoms with E-state index in [1.807, 2.05) is 36.4 Å². The van der Waals surface area contributed by atoms with Crippen molar-refractivity contribution in [1.82, 2.24) is 0 Å². The first-order valence-corrected chi connectivity index (χ1v) is 3.54.